The normalized spacial score (nSPS) is 20.5. The fraction of sp³-hybridized carbons (Fsp3) is 0.667. The zero-order valence-electron chi connectivity index (χ0n) is 16.2. The maximum Gasteiger partial charge on any atom is 0.143 e. The van der Waals surface area contributed by atoms with Crippen molar-refractivity contribution in [2.24, 2.45) is 5.92 Å². The number of piperidine rings is 1. The first-order valence-electron chi connectivity index (χ1n) is 9.96. The third kappa shape index (κ3) is 5.70. The van der Waals surface area contributed by atoms with E-state index >= 15 is 0 Å². The first-order chi connectivity index (χ1) is 12.5. The van der Waals surface area contributed by atoms with Crippen molar-refractivity contribution >= 4 is 23.1 Å². The van der Waals surface area contributed by atoms with Gasteiger partial charge in [-0.15, -0.1) is 0 Å². The summed E-state index contributed by atoms with van der Waals surface area (Å²) in [5, 5.41) is 0.832. The molecule has 0 saturated carbocycles. The van der Waals surface area contributed by atoms with Gasteiger partial charge in [-0.1, -0.05) is 11.6 Å². The topological polar surface area (TPSA) is 26.8 Å². The van der Waals surface area contributed by atoms with E-state index in [1.807, 2.05) is 6.07 Å². The lowest BCUT2D eigenvalue weighted by Gasteiger charge is -2.37. The van der Waals surface area contributed by atoms with Crippen LogP contribution in [-0.4, -0.2) is 67.9 Å². The summed E-state index contributed by atoms with van der Waals surface area (Å²) in [7, 11) is 0. The van der Waals surface area contributed by atoms with Gasteiger partial charge in [0.25, 0.3) is 0 Å². The second-order valence-corrected chi connectivity index (χ2v) is 8.46. The zero-order chi connectivity index (χ0) is 18.5. The lowest BCUT2D eigenvalue weighted by atomic mass is 9.93. The predicted octanol–water partition coefficient (Wildman–Crippen LogP) is 3.46. The Hall–Kier alpha value is -1.10. The average Bonchev–Trinajstić information content (AvgIpc) is 2.60. The van der Waals surface area contributed by atoms with Gasteiger partial charge in [-0.2, -0.15) is 0 Å². The molecule has 3 rings (SSSR count). The van der Waals surface area contributed by atoms with Crippen LogP contribution in [0, 0.1) is 12.8 Å². The Morgan fingerprint density at radius 2 is 1.73 bits per heavy atom. The molecule has 4 nitrogen and oxygen atoms in total. The van der Waals surface area contributed by atoms with Crippen LogP contribution in [0.2, 0.25) is 5.02 Å². The Balaban J connectivity index is 1.37. The van der Waals surface area contributed by atoms with Crippen LogP contribution in [0.15, 0.2) is 18.2 Å². The number of likely N-dealkylation sites (tertiary alicyclic amines) is 1. The van der Waals surface area contributed by atoms with Gasteiger partial charge in [0.15, 0.2) is 0 Å². The third-order valence-electron chi connectivity index (χ3n) is 5.77. The molecule has 2 fully saturated rings. The lowest BCUT2D eigenvalue weighted by molar-refractivity contribution is -0.118. The summed E-state index contributed by atoms with van der Waals surface area (Å²) in [6.45, 7) is 12.2. The second-order valence-electron chi connectivity index (χ2n) is 8.03. The summed E-state index contributed by atoms with van der Waals surface area (Å²) < 4.78 is 0. The highest BCUT2D eigenvalue weighted by Gasteiger charge is 2.22. The van der Waals surface area contributed by atoms with Gasteiger partial charge < -0.3 is 4.90 Å². The fourth-order valence-corrected chi connectivity index (χ4v) is 4.53. The molecule has 2 heterocycles. The molecule has 26 heavy (non-hydrogen) atoms. The molecule has 0 amide bonds. The van der Waals surface area contributed by atoms with Gasteiger partial charge >= 0.3 is 0 Å². The van der Waals surface area contributed by atoms with E-state index in [9.17, 15) is 4.79 Å². The van der Waals surface area contributed by atoms with Crippen LogP contribution in [0.1, 0.15) is 31.7 Å². The quantitative estimate of drug-likeness (QED) is 0.758. The minimum absolute atomic E-state index is 0.288. The highest BCUT2D eigenvalue weighted by atomic mass is 35.5. The van der Waals surface area contributed by atoms with Gasteiger partial charge in [0.1, 0.15) is 5.78 Å². The van der Waals surface area contributed by atoms with Crippen molar-refractivity contribution in [2.45, 2.75) is 33.1 Å². The van der Waals surface area contributed by atoms with E-state index in [1.54, 1.807) is 6.92 Å². The van der Waals surface area contributed by atoms with Gasteiger partial charge in [-0.25, -0.2) is 0 Å². The molecule has 2 saturated heterocycles. The average molecular weight is 378 g/mol. The van der Waals surface area contributed by atoms with E-state index in [2.05, 4.69) is 33.8 Å². The van der Waals surface area contributed by atoms with Crippen molar-refractivity contribution < 1.29 is 4.79 Å². The Kier molecular flexibility index (Phi) is 6.96. The number of hydrogen-bond acceptors (Lipinski definition) is 4. The van der Waals surface area contributed by atoms with E-state index in [0.717, 1.165) is 50.2 Å². The lowest BCUT2D eigenvalue weighted by Crippen LogP contribution is -2.47. The van der Waals surface area contributed by atoms with Crippen LogP contribution in [0.4, 0.5) is 5.69 Å². The molecule has 144 valence electrons. The van der Waals surface area contributed by atoms with Crippen LogP contribution in [0.5, 0.6) is 0 Å². The second kappa shape index (κ2) is 9.20. The van der Waals surface area contributed by atoms with Gasteiger partial charge in [-0.3, -0.25) is 14.6 Å². The van der Waals surface area contributed by atoms with E-state index in [1.165, 1.54) is 37.1 Å². The van der Waals surface area contributed by atoms with Crippen molar-refractivity contribution in [1.82, 2.24) is 9.80 Å². The third-order valence-corrected chi connectivity index (χ3v) is 5.99. The van der Waals surface area contributed by atoms with Crippen molar-refractivity contribution in [3.63, 3.8) is 0 Å². The molecule has 1 aromatic carbocycles. The SMILES string of the molecule is CC(=O)CN1CCC(CCN2CCN(c3cc(C)cc(Cl)c3)CC2)CC1. The number of benzene rings is 1. The molecule has 0 atom stereocenters. The molecule has 0 aromatic heterocycles. The molecule has 2 aliphatic rings. The van der Waals surface area contributed by atoms with Crippen LogP contribution < -0.4 is 4.90 Å². The minimum atomic E-state index is 0.288. The molecular weight excluding hydrogens is 346 g/mol. The maximum absolute atomic E-state index is 11.2. The summed E-state index contributed by atoms with van der Waals surface area (Å²) >= 11 is 6.21. The molecule has 0 bridgehead atoms. The standard InChI is InChI=1S/C21H32ClN3O/c1-17-13-20(22)15-21(14-17)25-11-9-23(10-12-25)6-3-19-4-7-24(8-5-19)16-18(2)26/h13-15,19H,3-12,16H2,1-2H3. The highest BCUT2D eigenvalue weighted by Crippen LogP contribution is 2.24. The number of carbonyl (C=O) groups excluding carboxylic acids is 1. The van der Waals surface area contributed by atoms with Gasteiger partial charge in [0.2, 0.25) is 0 Å². The van der Waals surface area contributed by atoms with E-state index in [-0.39, 0.29) is 5.78 Å². The maximum atomic E-state index is 11.2. The summed E-state index contributed by atoms with van der Waals surface area (Å²) in [5.41, 5.74) is 2.48. The number of Topliss-reactive ketones (excluding diaryl/α,β-unsaturated/α-hetero) is 1. The van der Waals surface area contributed by atoms with Crippen molar-refractivity contribution in [3.05, 3.63) is 28.8 Å². The van der Waals surface area contributed by atoms with Crippen molar-refractivity contribution in [2.75, 3.05) is 57.3 Å². The Morgan fingerprint density at radius 3 is 2.35 bits per heavy atom. The van der Waals surface area contributed by atoms with Gasteiger partial charge in [-0.05, 0) is 82.4 Å². The predicted molar refractivity (Wildman–Crippen MR) is 109 cm³/mol. The Labute approximate surface area is 163 Å². The van der Waals surface area contributed by atoms with E-state index < -0.39 is 0 Å². The monoisotopic (exact) mass is 377 g/mol. The molecule has 0 radical (unpaired) electrons. The highest BCUT2D eigenvalue weighted by molar-refractivity contribution is 6.30. The van der Waals surface area contributed by atoms with Crippen molar-refractivity contribution in [1.29, 1.82) is 0 Å². The number of piperazine rings is 1. The van der Waals surface area contributed by atoms with Gasteiger partial charge in [0, 0.05) is 36.9 Å². The van der Waals surface area contributed by atoms with E-state index in [0.29, 0.717) is 6.54 Å². The Bertz CT molecular complexity index is 585. The zero-order valence-corrected chi connectivity index (χ0v) is 17.0. The molecule has 0 spiro atoms. The number of ketones is 1. The number of halogens is 1. The fourth-order valence-electron chi connectivity index (χ4n) is 4.24. The molecule has 5 heteroatoms. The Morgan fingerprint density at radius 1 is 1.04 bits per heavy atom. The minimum Gasteiger partial charge on any atom is -0.369 e. The largest absolute Gasteiger partial charge is 0.369 e. The smallest absolute Gasteiger partial charge is 0.143 e. The molecular formula is C21H32ClN3O. The number of rotatable bonds is 6. The number of anilines is 1. The van der Waals surface area contributed by atoms with Crippen LogP contribution >= 0.6 is 11.6 Å². The first-order valence-corrected chi connectivity index (χ1v) is 10.3. The molecule has 0 N–H and O–H groups in total. The molecule has 1 aromatic rings. The first kappa shape index (κ1) is 19.7. The molecule has 2 aliphatic heterocycles. The van der Waals surface area contributed by atoms with Crippen LogP contribution in [-0.2, 0) is 4.79 Å². The number of hydrogen-bond donors (Lipinski definition) is 0. The van der Waals surface area contributed by atoms with Crippen molar-refractivity contribution in [3.8, 4) is 0 Å². The molecule has 0 unspecified atom stereocenters. The summed E-state index contributed by atoms with van der Waals surface area (Å²) in [4.78, 5) is 18.6. The molecule has 0 aliphatic carbocycles. The summed E-state index contributed by atoms with van der Waals surface area (Å²) in [5.74, 6) is 1.11. The van der Waals surface area contributed by atoms with E-state index in [4.69, 9.17) is 11.6 Å². The number of nitrogens with zero attached hydrogens (tertiary/aromatic N) is 3. The van der Waals surface area contributed by atoms with Gasteiger partial charge in [0.05, 0.1) is 6.54 Å². The summed E-state index contributed by atoms with van der Waals surface area (Å²) in [6.07, 6.45) is 3.79. The number of aryl methyl sites for hydroxylation is 1. The van der Waals surface area contributed by atoms with Crippen LogP contribution in [0.3, 0.4) is 0 Å². The number of carbonyl (C=O) groups is 1. The summed E-state index contributed by atoms with van der Waals surface area (Å²) in [6, 6.07) is 6.33. The van der Waals surface area contributed by atoms with Crippen LogP contribution in [0.25, 0.3) is 0 Å².